The molecule has 0 aliphatic heterocycles. The summed E-state index contributed by atoms with van der Waals surface area (Å²) in [4.78, 5) is 50.7. The SMILES string of the molecule is CCC(CC(CC(CC(C)C(=O)O)C(=O)O)C(=O)N(C)CC1CCC(P(c2ccccc2)c2ccccc2)CC1)C(=O)O. The molecule has 9 heteroatoms. The summed E-state index contributed by atoms with van der Waals surface area (Å²) in [7, 11) is 1.21. The van der Waals surface area contributed by atoms with Crippen LogP contribution in [0.15, 0.2) is 60.7 Å². The molecule has 0 saturated heterocycles. The summed E-state index contributed by atoms with van der Waals surface area (Å²) in [5.41, 5.74) is 0.540. The van der Waals surface area contributed by atoms with E-state index in [0.717, 1.165) is 25.7 Å². The minimum Gasteiger partial charge on any atom is -0.481 e. The normalized spacial score (nSPS) is 19.6. The Hall–Kier alpha value is -3.25. The van der Waals surface area contributed by atoms with Crippen molar-refractivity contribution in [1.29, 1.82) is 0 Å². The molecule has 1 aliphatic carbocycles. The topological polar surface area (TPSA) is 132 Å². The molecule has 8 nitrogen and oxygen atoms in total. The molecule has 43 heavy (non-hydrogen) atoms. The van der Waals surface area contributed by atoms with E-state index in [1.54, 1.807) is 18.9 Å². The smallest absolute Gasteiger partial charge is 0.306 e. The van der Waals surface area contributed by atoms with Gasteiger partial charge in [-0.2, -0.15) is 0 Å². The summed E-state index contributed by atoms with van der Waals surface area (Å²) in [6.45, 7) is 3.72. The van der Waals surface area contributed by atoms with Crippen molar-refractivity contribution < 1.29 is 34.5 Å². The van der Waals surface area contributed by atoms with Crippen molar-refractivity contribution in [1.82, 2.24) is 4.90 Å². The molecule has 1 aliphatic rings. The maximum Gasteiger partial charge on any atom is 0.306 e. The molecule has 1 amide bonds. The van der Waals surface area contributed by atoms with E-state index in [1.807, 2.05) is 12.1 Å². The van der Waals surface area contributed by atoms with Gasteiger partial charge in [0.15, 0.2) is 0 Å². The van der Waals surface area contributed by atoms with Gasteiger partial charge in [-0.25, -0.2) is 0 Å². The second-order valence-corrected chi connectivity index (χ2v) is 14.6. The molecule has 0 aromatic heterocycles. The van der Waals surface area contributed by atoms with Crippen molar-refractivity contribution in [3.63, 3.8) is 0 Å². The summed E-state index contributed by atoms with van der Waals surface area (Å²) in [6.07, 6.45) is 4.22. The standard InChI is InChI=1S/C34H46NO7P/c1-4-25(33(39)40)20-26(21-27(34(41)42)19-23(2)32(37)38)31(36)35(3)22-24-15-17-30(18-16-24)43(28-11-7-5-8-12-28)29-13-9-6-10-14-29/h5-14,23-27,30H,4,15-22H2,1-3H3,(H,37,38)(H,39,40)(H,41,42). The summed E-state index contributed by atoms with van der Waals surface area (Å²) < 4.78 is 0. The van der Waals surface area contributed by atoms with E-state index in [9.17, 15) is 34.5 Å². The summed E-state index contributed by atoms with van der Waals surface area (Å²) in [5, 5.41) is 31.6. The zero-order chi connectivity index (χ0) is 31.5. The quantitative estimate of drug-likeness (QED) is 0.215. The molecular weight excluding hydrogens is 565 g/mol. The predicted molar refractivity (Wildman–Crippen MR) is 169 cm³/mol. The van der Waals surface area contributed by atoms with E-state index in [2.05, 4.69) is 48.5 Å². The number of amides is 1. The molecule has 1 fully saturated rings. The van der Waals surface area contributed by atoms with Crippen molar-refractivity contribution in [2.24, 2.45) is 29.6 Å². The first-order valence-electron chi connectivity index (χ1n) is 15.3. The minimum atomic E-state index is -1.16. The van der Waals surface area contributed by atoms with Crippen molar-refractivity contribution in [2.75, 3.05) is 13.6 Å². The Morgan fingerprint density at radius 2 is 1.23 bits per heavy atom. The van der Waals surface area contributed by atoms with Crippen molar-refractivity contribution >= 4 is 42.3 Å². The molecule has 0 spiro atoms. The Bertz CT molecular complexity index is 1160. The highest BCUT2D eigenvalue weighted by Crippen LogP contribution is 2.47. The van der Waals surface area contributed by atoms with Crippen LogP contribution in [-0.2, 0) is 19.2 Å². The van der Waals surface area contributed by atoms with Crippen LogP contribution in [0.2, 0.25) is 0 Å². The molecule has 1 saturated carbocycles. The summed E-state index contributed by atoms with van der Waals surface area (Å²) >= 11 is 0. The van der Waals surface area contributed by atoms with Crippen molar-refractivity contribution in [3.05, 3.63) is 60.7 Å². The van der Waals surface area contributed by atoms with Crippen molar-refractivity contribution in [2.45, 2.75) is 70.9 Å². The summed E-state index contributed by atoms with van der Waals surface area (Å²) in [5.74, 6) is -6.75. The predicted octanol–water partition coefficient (Wildman–Crippen LogP) is 5.46. The van der Waals surface area contributed by atoms with Crippen LogP contribution in [0.25, 0.3) is 0 Å². The first-order valence-corrected chi connectivity index (χ1v) is 16.8. The molecule has 4 atom stereocenters. The highest BCUT2D eigenvalue weighted by Gasteiger charge is 2.36. The average Bonchev–Trinajstić information content (AvgIpc) is 3.00. The van der Waals surface area contributed by atoms with Gasteiger partial charge >= 0.3 is 17.9 Å². The van der Waals surface area contributed by atoms with Gasteiger partial charge in [-0.1, -0.05) is 74.5 Å². The third-order valence-electron chi connectivity index (χ3n) is 8.90. The van der Waals surface area contributed by atoms with Crippen LogP contribution in [0.4, 0.5) is 0 Å². The Morgan fingerprint density at radius 3 is 1.67 bits per heavy atom. The number of nitrogens with zero attached hydrogens (tertiary/aromatic N) is 1. The Balaban J connectivity index is 1.70. The van der Waals surface area contributed by atoms with Crippen LogP contribution in [0.3, 0.4) is 0 Å². The van der Waals surface area contributed by atoms with Gasteiger partial charge in [-0.3, -0.25) is 19.2 Å². The van der Waals surface area contributed by atoms with E-state index >= 15 is 0 Å². The number of carbonyl (C=O) groups excluding carboxylic acids is 1. The van der Waals surface area contributed by atoms with Crippen LogP contribution in [0.5, 0.6) is 0 Å². The number of carboxylic acid groups (broad SMARTS) is 3. The van der Waals surface area contributed by atoms with Gasteiger partial charge in [0.2, 0.25) is 5.91 Å². The highest BCUT2D eigenvalue weighted by atomic mass is 31.1. The zero-order valence-electron chi connectivity index (χ0n) is 25.5. The maximum absolute atomic E-state index is 13.7. The highest BCUT2D eigenvalue weighted by molar-refractivity contribution is 7.73. The largest absolute Gasteiger partial charge is 0.481 e. The molecule has 3 N–H and O–H groups in total. The maximum atomic E-state index is 13.7. The zero-order valence-corrected chi connectivity index (χ0v) is 26.4. The van der Waals surface area contributed by atoms with Gasteiger partial charge in [0.25, 0.3) is 0 Å². The fourth-order valence-corrected chi connectivity index (χ4v) is 9.32. The third kappa shape index (κ3) is 9.89. The van der Waals surface area contributed by atoms with Crippen LogP contribution >= 0.6 is 7.92 Å². The monoisotopic (exact) mass is 611 g/mol. The second kappa shape index (κ2) is 16.6. The molecule has 2 aromatic carbocycles. The van der Waals surface area contributed by atoms with Gasteiger partial charge in [-0.15, -0.1) is 0 Å². The average molecular weight is 612 g/mol. The molecule has 0 heterocycles. The van der Waals surface area contributed by atoms with Crippen LogP contribution < -0.4 is 10.6 Å². The number of hydrogen-bond acceptors (Lipinski definition) is 4. The van der Waals surface area contributed by atoms with Gasteiger partial charge in [0, 0.05) is 19.5 Å². The lowest BCUT2D eigenvalue weighted by Crippen LogP contribution is -2.40. The lowest BCUT2D eigenvalue weighted by atomic mass is 9.81. The number of hydrogen-bond donors (Lipinski definition) is 3. The van der Waals surface area contributed by atoms with E-state index in [-0.39, 0.29) is 25.2 Å². The first kappa shape index (κ1) is 34.2. The Labute approximate surface area is 256 Å². The fourth-order valence-electron chi connectivity index (χ4n) is 6.37. The number of benzene rings is 2. The van der Waals surface area contributed by atoms with Crippen LogP contribution in [0, 0.1) is 29.6 Å². The molecular formula is C34H46NO7P. The molecule has 4 unspecified atom stereocenters. The molecule has 0 bridgehead atoms. The lowest BCUT2D eigenvalue weighted by molar-refractivity contribution is -0.146. The minimum absolute atomic E-state index is 0.0332. The third-order valence-corrected chi connectivity index (χ3v) is 11.9. The van der Waals surface area contributed by atoms with E-state index in [4.69, 9.17) is 0 Å². The fraction of sp³-hybridized carbons (Fsp3) is 0.529. The molecule has 2 aromatic rings. The second-order valence-electron chi connectivity index (χ2n) is 12.1. The van der Waals surface area contributed by atoms with E-state index in [1.165, 1.54) is 17.5 Å². The number of carboxylic acids is 3. The van der Waals surface area contributed by atoms with Gasteiger partial charge in [0.05, 0.1) is 17.8 Å². The Kier molecular flexibility index (Phi) is 13.2. The summed E-state index contributed by atoms with van der Waals surface area (Å²) in [6, 6.07) is 21.4. The number of rotatable bonds is 16. The van der Waals surface area contributed by atoms with E-state index < -0.39 is 49.5 Å². The molecule has 0 radical (unpaired) electrons. The lowest BCUT2D eigenvalue weighted by Gasteiger charge is -2.37. The molecule has 234 valence electrons. The number of carbonyl (C=O) groups is 4. The van der Waals surface area contributed by atoms with E-state index in [0.29, 0.717) is 24.5 Å². The number of aliphatic carboxylic acids is 3. The first-order chi connectivity index (χ1) is 20.5. The van der Waals surface area contributed by atoms with Crippen molar-refractivity contribution in [3.8, 4) is 0 Å². The van der Waals surface area contributed by atoms with Crippen LogP contribution in [0.1, 0.15) is 65.2 Å². The van der Waals surface area contributed by atoms with Crippen LogP contribution in [-0.4, -0.2) is 63.3 Å². The molecule has 3 rings (SSSR count). The van der Waals surface area contributed by atoms with Gasteiger partial charge in [0.1, 0.15) is 0 Å². The van der Waals surface area contributed by atoms with Gasteiger partial charge in [-0.05, 0) is 81.5 Å². The Morgan fingerprint density at radius 1 is 0.744 bits per heavy atom. The van der Waals surface area contributed by atoms with Gasteiger partial charge < -0.3 is 20.2 Å².